The van der Waals surface area contributed by atoms with E-state index in [-0.39, 0.29) is 11.4 Å². The third kappa shape index (κ3) is 3.99. The van der Waals surface area contributed by atoms with E-state index in [1.807, 2.05) is 36.4 Å². The number of benzene rings is 1. The van der Waals surface area contributed by atoms with Crippen molar-refractivity contribution in [2.45, 2.75) is 23.1 Å². The van der Waals surface area contributed by atoms with Gasteiger partial charge in [0.05, 0.1) is 12.2 Å². The van der Waals surface area contributed by atoms with Crippen molar-refractivity contribution < 1.29 is 4.74 Å². The molecule has 0 bridgehead atoms. The number of ether oxygens (including phenoxy) is 1. The molecule has 1 fully saturated rings. The van der Waals surface area contributed by atoms with Gasteiger partial charge in [-0.3, -0.25) is 4.98 Å². The molecule has 1 aliphatic heterocycles. The second kappa shape index (κ2) is 8.96. The SMILES string of the molecule is N#Cc1c(N)nc(SCc2cccnc2)c(C#N)c1-c1ccc([C@@H]2CCOC2)cc1. The number of nitrogen functional groups attached to an aromatic ring is 1. The Balaban J connectivity index is 1.73. The average Bonchev–Trinajstić information content (AvgIpc) is 3.33. The summed E-state index contributed by atoms with van der Waals surface area (Å²) in [7, 11) is 0. The van der Waals surface area contributed by atoms with Gasteiger partial charge < -0.3 is 10.5 Å². The molecule has 1 atom stereocenters. The number of nitriles is 2. The van der Waals surface area contributed by atoms with Gasteiger partial charge in [0.2, 0.25) is 0 Å². The van der Waals surface area contributed by atoms with Crippen molar-refractivity contribution in [3.05, 3.63) is 71.0 Å². The number of aromatic nitrogens is 2. The molecule has 0 amide bonds. The number of hydrogen-bond acceptors (Lipinski definition) is 7. The van der Waals surface area contributed by atoms with Gasteiger partial charge in [0, 0.05) is 36.2 Å². The molecular formula is C23H19N5OS. The third-order valence-electron chi connectivity index (χ3n) is 5.11. The van der Waals surface area contributed by atoms with Gasteiger partial charge in [0.1, 0.15) is 28.5 Å². The van der Waals surface area contributed by atoms with E-state index in [9.17, 15) is 10.5 Å². The summed E-state index contributed by atoms with van der Waals surface area (Å²) in [6.07, 6.45) is 4.49. The van der Waals surface area contributed by atoms with Gasteiger partial charge in [0.25, 0.3) is 0 Å². The molecule has 148 valence electrons. The van der Waals surface area contributed by atoms with E-state index in [1.54, 1.807) is 12.4 Å². The quantitative estimate of drug-likeness (QED) is 0.622. The molecule has 0 aliphatic carbocycles. The minimum Gasteiger partial charge on any atom is -0.383 e. The molecular weight excluding hydrogens is 394 g/mol. The molecule has 0 radical (unpaired) electrons. The number of hydrogen-bond donors (Lipinski definition) is 1. The number of rotatable bonds is 5. The van der Waals surface area contributed by atoms with Gasteiger partial charge in [-0.2, -0.15) is 10.5 Å². The van der Waals surface area contributed by atoms with Crippen LogP contribution in [0.3, 0.4) is 0 Å². The Morgan fingerprint density at radius 1 is 1.13 bits per heavy atom. The number of anilines is 1. The van der Waals surface area contributed by atoms with Crippen LogP contribution in [0, 0.1) is 22.7 Å². The number of pyridine rings is 2. The lowest BCUT2D eigenvalue weighted by atomic mass is 9.93. The zero-order valence-corrected chi connectivity index (χ0v) is 17.0. The maximum absolute atomic E-state index is 9.91. The van der Waals surface area contributed by atoms with E-state index in [0.717, 1.165) is 30.8 Å². The van der Waals surface area contributed by atoms with Crippen LogP contribution in [0.25, 0.3) is 11.1 Å². The Labute approximate surface area is 179 Å². The smallest absolute Gasteiger partial charge is 0.143 e. The van der Waals surface area contributed by atoms with Crippen LogP contribution in [0.15, 0.2) is 53.8 Å². The van der Waals surface area contributed by atoms with Crippen LogP contribution in [0.1, 0.15) is 34.6 Å². The van der Waals surface area contributed by atoms with Crippen LogP contribution in [0.4, 0.5) is 5.82 Å². The lowest BCUT2D eigenvalue weighted by Gasteiger charge is -2.14. The van der Waals surface area contributed by atoms with Gasteiger partial charge in [-0.1, -0.05) is 30.3 Å². The monoisotopic (exact) mass is 413 g/mol. The van der Waals surface area contributed by atoms with E-state index in [1.165, 1.54) is 17.3 Å². The Bertz CT molecular complexity index is 1130. The maximum Gasteiger partial charge on any atom is 0.143 e. The fourth-order valence-electron chi connectivity index (χ4n) is 3.55. The fourth-order valence-corrected chi connectivity index (χ4v) is 4.47. The summed E-state index contributed by atoms with van der Waals surface area (Å²) >= 11 is 1.41. The van der Waals surface area contributed by atoms with Crippen molar-refractivity contribution in [1.82, 2.24) is 9.97 Å². The zero-order valence-electron chi connectivity index (χ0n) is 16.2. The highest BCUT2D eigenvalue weighted by Crippen LogP contribution is 2.37. The molecule has 1 aliphatic rings. The highest BCUT2D eigenvalue weighted by Gasteiger charge is 2.22. The predicted molar refractivity (Wildman–Crippen MR) is 115 cm³/mol. The first kappa shape index (κ1) is 19.9. The highest BCUT2D eigenvalue weighted by atomic mass is 32.2. The summed E-state index contributed by atoms with van der Waals surface area (Å²) < 4.78 is 5.48. The van der Waals surface area contributed by atoms with Crippen LogP contribution in [0.5, 0.6) is 0 Å². The van der Waals surface area contributed by atoms with Gasteiger partial charge >= 0.3 is 0 Å². The van der Waals surface area contributed by atoms with Gasteiger partial charge in [-0.05, 0) is 29.2 Å². The summed E-state index contributed by atoms with van der Waals surface area (Å²) in [4.78, 5) is 8.47. The van der Waals surface area contributed by atoms with Gasteiger partial charge in [0.15, 0.2) is 0 Å². The zero-order chi connectivity index (χ0) is 20.9. The lowest BCUT2D eigenvalue weighted by Crippen LogP contribution is -2.04. The first-order valence-electron chi connectivity index (χ1n) is 9.54. The second-order valence-electron chi connectivity index (χ2n) is 6.98. The molecule has 4 rings (SSSR count). The number of nitrogens with zero attached hydrogens (tertiary/aromatic N) is 4. The third-order valence-corrected chi connectivity index (χ3v) is 6.16. The Hall–Kier alpha value is -3.39. The summed E-state index contributed by atoms with van der Waals surface area (Å²) in [5.41, 5.74) is 10.2. The fraction of sp³-hybridized carbons (Fsp3) is 0.217. The minimum absolute atomic E-state index is 0.133. The van der Waals surface area contributed by atoms with Crippen LogP contribution < -0.4 is 5.73 Å². The van der Waals surface area contributed by atoms with Crippen LogP contribution in [-0.2, 0) is 10.5 Å². The molecule has 6 nitrogen and oxygen atoms in total. The van der Waals surface area contributed by atoms with Crippen LogP contribution in [0.2, 0.25) is 0 Å². The Kier molecular flexibility index (Phi) is 5.94. The molecule has 1 aromatic carbocycles. The van der Waals surface area contributed by atoms with Crippen molar-refractivity contribution in [3.63, 3.8) is 0 Å². The van der Waals surface area contributed by atoms with E-state index in [2.05, 4.69) is 22.1 Å². The molecule has 1 saturated heterocycles. The van der Waals surface area contributed by atoms with Crippen molar-refractivity contribution in [1.29, 1.82) is 10.5 Å². The summed E-state index contributed by atoms with van der Waals surface area (Å²) in [5, 5.41) is 20.1. The van der Waals surface area contributed by atoms with Gasteiger partial charge in [-0.25, -0.2) is 4.98 Å². The predicted octanol–water partition coefficient (Wildman–Crippen LogP) is 4.27. The molecule has 0 spiro atoms. The van der Waals surface area contributed by atoms with E-state index < -0.39 is 0 Å². The van der Waals surface area contributed by atoms with Crippen LogP contribution >= 0.6 is 11.8 Å². The molecule has 7 heteroatoms. The molecule has 30 heavy (non-hydrogen) atoms. The average molecular weight is 414 g/mol. The molecule has 2 aromatic heterocycles. The normalized spacial score (nSPS) is 15.5. The van der Waals surface area contributed by atoms with Crippen LogP contribution in [-0.4, -0.2) is 23.2 Å². The summed E-state index contributed by atoms with van der Waals surface area (Å²) in [5.74, 6) is 1.12. The van der Waals surface area contributed by atoms with Crippen molar-refractivity contribution in [2.75, 3.05) is 18.9 Å². The Morgan fingerprint density at radius 2 is 1.93 bits per heavy atom. The number of thioether (sulfide) groups is 1. The van der Waals surface area contributed by atoms with E-state index >= 15 is 0 Å². The topological polar surface area (TPSA) is 109 Å². The van der Waals surface area contributed by atoms with Gasteiger partial charge in [-0.15, -0.1) is 11.8 Å². The van der Waals surface area contributed by atoms with E-state index in [0.29, 0.717) is 27.8 Å². The maximum atomic E-state index is 9.91. The summed E-state index contributed by atoms with van der Waals surface area (Å²) in [6, 6.07) is 16.2. The second-order valence-corrected chi connectivity index (χ2v) is 7.95. The molecule has 3 heterocycles. The standard InChI is InChI=1S/C23H19N5OS/c24-10-19-21(17-5-3-16(4-6-17)18-7-9-29-13-18)20(11-25)23(28-22(19)26)30-14-15-2-1-8-27-12-15/h1-6,8,12,18H,7,9,13-14H2,(H2,26,28)/t18-/m1/s1. The highest BCUT2D eigenvalue weighted by molar-refractivity contribution is 7.98. The van der Waals surface area contributed by atoms with Crippen molar-refractivity contribution >= 4 is 17.6 Å². The molecule has 2 N–H and O–H groups in total. The number of nitrogens with two attached hydrogens (primary N) is 1. The molecule has 3 aromatic rings. The first-order valence-corrected chi connectivity index (χ1v) is 10.5. The van der Waals surface area contributed by atoms with E-state index in [4.69, 9.17) is 10.5 Å². The molecule has 0 saturated carbocycles. The Morgan fingerprint density at radius 3 is 2.57 bits per heavy atom. The summed E-state index contributed by atoms with van der Waals surface area (Å²) in [6.45, 7) is 1.51. The molecule has 0 unspecified atom stereocenters. The van der Waals surface area contributed by atoms with Crippen molar-refractivity contribution in [2.24, 2.45) is 0 Å². The van der Waals surface area contributed by atoms with Crippen molar-refractivity contribution in [3.8, 4) is 23.3 Å². The largest absolute Gasteiger partial charge is 0.383 e. The first-order chi connectivity index (χ1) is 14.7. The minimum atomic E-state index is 0.133. The lowest BCUT2D eigenvalue weighted by molar-refractivity contribution is 0.194.